The Balaban J connectivity index is 1.70. The monoisotopic (exact) mass is 401 g/mol. The van der Waals surface area contributed by atoms with Gasteiger partial charge in [0.15, 0.2) is 0 Å². The lowest BCUT2D eigenvalue weighted by Crippen LogP contribution is -2.73. The van der Waals surface area contributed by atoms with Crippen molar-refractivity contribution in [3.63, 3.8) is 0 Å². The molecule has 4 aliphatic rings. The molecule has 3 amide bonds. The van der Waals surface area contributed by atoms with Crippen LogP contribution in [0, 0.1) is 5.92 Å². The van der Waals surface area contributed by atoms with E-state index < -0.39 is 35.1 Å². The van der Waals surface area contributed by atoms with Crippen molar-refractivity contribution in [1.29, 1.82) is 0 Å². The van der Waals surface area contributed by atoms with Crippen molar-refractivity contribution in [3.8, 4) is 5.75 Å². The Labute approximate surface area is 168 Å². The molecule has 2 saturated heterocycles. The molecule has 0 spiro atoms. The van der Waals surface area contributed by atoms with Crippen molar-refractivity contribution in [1.82, 2.24) is 15.5 Å². The van der Waals surface area contributed by atoms with Gasteiger partial charge >= 0.3 is 6.03 Å². The number of amides is 3. The van der Waals surface area contributed by atoms with E-state index in [9.17, 15) is 24.9 Å². The second-order valence-corrected chi connectivity index (χ2v) is 9.09. The number of carbonyl (C=O) groups excluding carboxylic acids is 2. The minimum Gasteiger partial charge on any atom is -0.508 e. The van der Waals surface area contributed by atoms with E-state index in [1.54, 1.807) is 12.1 Å². The predicted molar refractivity (Wildman–Crippen MR) is 103 cm³/mol. The fourth-order valence-corrected chi connectivity index (χ4v) is 5.91. The number of urea groups is 1. The minimum absolute atomic E-state index is 0.0287. The lowest BCUT2D eigenvalue weighted by Gasteiger charge is -2.63. The second kappa shape index (κ2) is 6.42. The number of nitrogens with zero attached hydrogens (tertiary/aromatic N) is 1. The number of imide groups is 1. The Kier molecular flexibility index (Phi) is 4.17. The van der Waals surface area contributed by atoms with Crippen LogP contribution in [0.5, 0.6) is 5.75 Å². The summed E-state index contributed by atoms with van der Waals surface area (Å²) in [5, 5.41) is 38.7. The first-order valence-corrected chi connectivity index (χ1v) is 10.4. The first kappa shape index (κ1) is 18.8. The molecule has 2 aliphatic carbocycles. The third-order valence-corrected chi connectivity index (χ3v) is 7.40. The van der Waals surface area contributed by atoms with Crippen LogP contribution in [0.1, 0.15) is 49.3 Å². The number of aromatic hydroxyl groups is 1. The van der Waals surface area contributed by atoms with Crippen LogP contribution in [-0.2, 0) is 10.2 Å². The number of piperidine rings is 1. The minimum atomic E-state index is -1.42. The van der Waals surface area contributed by atoms with Gasteiger partial charge in [-0.05, 0) is 61.4 Å². The molecule has 1 saturated carbocycles. The van der Waals surface area contributed by atoms with E-state index in [4.69, 9.17) is 0 Å². The number of aliphatic hydroxyl groups is 2. The molecule has 0 aromatic heterocycles. The normalized spacial score (nSPS) is 37.3. The van der Waals surface area contributed by atoms with E-state index in [1.807, 2.05) is 0 Å². The van der Waals surface area contributed by atoms with Gasteiger partial charge in [-0.1, -0.05) is 6.07 Å². The van der Waals surface area contributed by atoms with Crippen LogP contribution in [0.4, 0.5) is 4.79 Å². The van der Waals surface area contributed by atoms with Crippen LogP contribution in [0.15, 0.2) is 18.2 Å². The summed E-state index contributed by atoms with van der Waals surface area (Å²) in [5.41, 5.74) is -1.15. The maximum Gasteiger partial charge on any atom is 0.321 e. The van der Waals surface area contributed by atoms with Gasteiger partial charge < -0.3 is 20.6 Å². The van der Waals surface area contributed by atoms with Crippen LogP contribution in [-0.4, -0.2) is 63.4 Å². The molecule has 2 bridgehead atoms. The third-order valence-electron chi connectivity index (χ3n) is 7.40. The number of hydrogen-bond acceptors (Lipinski definition) is 6. The van der Waals surface area contributed by atoms with Gasteiger partial charge in [0.25, 0.3) is 0 Å². The molecule has 8 nitrogen and oxygen atoms in total. The van der Waals surface area contributed by atoms with Crippen LogP contribution in [0.25, 0.3) is 0 Å². The summed E-state index contributed by atoms with van der Waals surface area (Å²) in [4.78, 5) is 26.8. The molecular weight excluding hydrogens is 374 g/mol. The summed E-state index contributed by atoms with van der Waals surface area (Å²) in [6.07, 6.45) is 2.02. The van der Waals surface area contributed by atoms with Gasteiger partial charge in [-0.2, -0.15) is 0 Å². The van der Waals surface area contributed by atoms with Gasteiger partial charge in [-0.15, -0.1) is 0 Å². The van der Waals surface area contributed by atoms with Crippen molar-refractivity contribution in [2.24, 2.45) is 5.92 Å². The molecule has 1 aromatic carbocycles. The summed E-state index contributed by atoms with van der Waals surface area (Å²) < 4.78 is 0. The Hall–Kier alpha value is -2.16. The Bertz CT molecular complexity index is 872. The number of aliphatic hydroxyl groups excluding tert-OH is 1. The quantitative estimate of drug-likeness (QED) is 0.492. The zero-order valence-corrected chi connectivity index (χ0v) is 16.2. The lowest BCUT2D eigenvalue weighted by atomic mass is 9.51. The van der Waals surface area contributed by atoms with Gasteiger partial charge in [0, 0.05) is 24.9 Å². The molecule has 0 unspecified atom stereocenters. The molecular formula is C21H27N3O5. The molecule has 8 heteroatoms. The number of fused-ring (bicyclic) bond motifs is 1. The number of benzene rings is 1. The van der Waals surface area contributed by atoms with E-state index in [1.165, 1.54) is 6.07 Å². The number of hydrogen-bond donors (Lipinski definition) is 5. The molecule has 5 N–H and O–H groups in total. The maximum atomic E-state index is 12.7. The van der Waals surface area contributed by atoms with Gasteiger partial charge in [0.1, 0.15) is 5.75 Å². The number of likely N-dealkylation sites (tertiary alicyclic amines) is 1. The molecule has 29 heavy (non-hydrogen) atoms. The highest BCUT2D eigenvalue weighted by Crippen LogP contribution is 2.58. The average Bonchev–Trinajstić information content (AvgIpc) is 3.46. The zero-order valence-electron chi connectivity index (χ0n) is 16.2. The van der Waals surface area contributed by atoms with E-state index in [0.29, 0.717) is 30.0 Å². The maximum absolute atomic E-state index is 12.7. The Morgan fingerprint density at radius 3 is 2.76 bits per heavy atom. The van der Waals surface area contributed by atoms with Crippen LogP contribution in [0.2, 0.25) is 0 Å². The molecule has 0 radical (unpaired) electrons. The van der Waals surface area contributed by atoms with Gasteiger partial charge in [-0.3, -0.25) is 15.0 Å². The van der Waals surface area contributed by atoms with E-state index in [2.05, 4.69) is 15.5 Å². The topological polar surface area (TPSA) is 122 Å². The largest absolute Gasteiger partial charge is 0.508 e. The van der Waals surface area contributed by atoms with Gasteiger partial charge in [0.2, 0.25) is 5.91 Å². The van der Waals surface area contributed by atoms with Crippen molar-refractivity contribution in [3.05, 3.63) is 29.3 Å². The first-order chi connectivity index (χ1) is 13.8. The standard InChI is InChI=1S/C21H27N3O5/c25-13-3-4-14-15(9-13)20-6-8-24(11-12-1-2-12)18(17(14)27)21(20,29)5-7-22-19(28)23-16(26)10-20/h3-4,9,12,17-18,25,27,29H,1-2,5-8,10-11H2,(H2,22,23,26,28)/t17-,18-,20-,21-/m1/s1. The molecule has 1 aromatic rings. The van der Waals surface area contributed by atoms with E-state index in [-0.39, 0.29) is 25.1 Å². The first-order valence-electron chi connectivity index (χ1n) is 10.4. The highest BCUT2D eigenvalue weighted by atomic mass is 16.3. The number of nitrogens with one attached hydrogen (secondary N) is 2. The van der Waals surface area contributed by atoms with Crippen molar-refractivity contribution in [2.45, 2.75) is 55.3 Å². The summed E-state index contributed by atoms with van der Waals surface area (Å²) in [7, 11) is 0. The molecule has 2 aliphatic heterocycles. The van der Waals surface area contributed by atoms with E-state index >= 15 is 0 Å². The number of carbonyl (C=O) groups is 2. The van der Waals surface area contributed by atoms with Gasteiger partial charge in [-0.25, -0.2) is 4.79 Å². The third kappa shape index (κ3) is 2.77. The summed E-state index contributed by atoms with van der Waals surface area (Å²) in [6, 6.07) is 3.64. The molecule has 156 valence electrons. The summed E-state index contributed by atoms with van der Waals surface area (Å²) >= 11 is 0. The number of rotatable bonds is 2. The van der Waals surface area contributed by atoms with E-state index in [0.717, 1.165) is 19.4 Å². The fraction of sp³-hybridized carbons (Fsp3) is 0.619. The molecule has 3 fully saturated rings. The van der Waals surface area contributed by atoms with Crippen molar-refractivity contribution < 1.29 is 24.9 Å². The van der Waals surface area contributed by atoms with Crippen LogP contribution >= 0.6 is 0 Å². The molecule has 5 rings (SSSR count). The van der Waals surface area contributed by atoms with Crippen LogP contribution in [0.3, 0.4) is 0 Å². The number of phenols is 1. The fourth-order valence-electron chi connectivity index (χ4n) is 5.91. The average molecular weight is 401 g/mol. The van der Waals surface area contributed by atoms with Crippen molar-refractivity contribution in [2.75, 3.05) is 19.6 Å². The second-order valence-electron chi connectivity index (χ2n) is 9.09. The molecule has 2 heterocycles. The summed E-state index contributed by atoms with van der Waals surface area (Å²) in [6.45, 7) is 1.64. The highest BCUT2D eigenvalue weighted by Gasteiger charge is 2.66. The van der Waals surface area contributed by atoms with Gasteiger partial charge in [0.05, 0.1) is 17.7 Å². The Morgan fingerprint density at radius 1 is 1.21 bits per heavy atom. The SMILES string of the molecule is O=C1C[C@]23CCN(CC4CC4)[C@H]([C@H](O)c4ccc(O)cc42)[C@]3(O)CCNC(=O)N1. The summed E-state index contributed by atoms with van der Waals surface area (Å²) in [5.74, 6) is 0.141. The molecule has 4 atom stereocenters. The lowest BCUT2D eigenvalue weighted by molar-refractivity contribution is -0.188. The zero-order chi connectivity index (χ0) is 20.4. The Morgan fingerprint density at radius 2 is 2.00 bits per heavy atom. The smallest absolute Gasteiger partial charge is 0.321 e. The highest BCUT2D eigenvalue weighted by molar-refractivity contribution is 5.95. The van der Waals surface area contributed by atoms with Crippen LogP contribution < -0.4 is 10.6 Å². The van der Waals surface area contributed by atoms with Crippen molar-refractivity contribution >= 4 is 11.9 Å². The number of phenolic OH excluding ortho intramolecular Hbond substituents is 1. The predicted octanol–water partition coefficient (Wildman–Crippen LogP) is 0.512.